The van der Waals surface area contributed by atoms with Gasteiger partial charge in [-0.2, -0.15) is 4.90 Å². The van der Waals surface area contributed by atoms with E-state index in [2.05, 4.69) is 4.58 Å². The van der Waals surface area contributed by atoms with Crippen LogP contribution in [0.15, 0.2) is 60.7 Å². The van der Waals surface area contributed by atoms with Crippen LogP contribution in [0, 0.1) is 0 Å². The summed E-state index contributed by atoms with van der Waals surface area (Å²) in [7, 11) is 0. The van der Waals surface area contributed by atoms with Crippen LogP contribution in [0.5, 0.6) is 0 Å². The minimum atomic E-state index is -0.135. The lowest BCUT2D eigenvalue weighted by Crippen LogP contribution is -2.32. The van der Waals surface area contributed by atoms with E-state index in [9.17, 15) is 4.79 Å². The molecule has 110 valence electrons. The molecule has 0 radical (unpaired) electrons. The normalized spacial score (nSPS) is 20.0. The lowest BCUT2D eigenvalue weighted by atomic mass is 10.2. The first kappa shape index (κ1) is 13.1. The molecule has 2 aromatic carbocycles. The van der Waals surface area contributed by atoms with E-state index in [4.69, 9.17) is 4.74 Å². The highest BCUT2D eigenvalue weighted by atomic mass is 16.6. The average Bonchev–Trinajstić information content (AvgIpc) is 3.15. The number of rotatable bonds is 2. The van der Waals surface area contributed by atoms with Gasteiger partial charge in [0.2, 0.25) is 0 Å². The molecule has 0 saturated carbocycles. The molecule has 1 fully saturated rings. The number of hydrogen-bond donors (Lipinski definition) is 0. The van der Waals surface area contributed by atoms with Crippen molar-refractivity contribution in [2.45, 2.75) is 18.9 Å². The van der Waals surface area contributed by atoms with E-state index in [0.29, 0.717) is 6.02 Å². The summed E-state index contributed by atoms with van der Waals surface area (Å²) in [5.74, 6) is -0.135. The quantitative estimate of drug-likeness (QED) is 0.630. The lowest BCUT2D eigenvalue weighted by Gasteiger charge is -2.16. The van der Waals surface area contributed by atoms with Crippen molar-refractivity contribution in [3.05, 3.63) is 60.7 Å². The van der Waals surface area contributed by atoms with Crippen molar-refractivity contribution in [3.8, 4) is 0 Å². The van der Waals surface area contributed by atoms with Crippen molar-refractivity contribution in [1.82, 2.24) is 0 Å². The number of amidine groups is 1. The molecule has 1 atom stereocenters. The van der Waals surface area contributed by atoms with Crippen molar-refractivity contribution in [2.24, 2.45) is 0 Å². The first-order valence-corrected chi connectivity index (χ1v) is 7.60. The second kappa shape index (κ2) is 5.30. The van der Waals surface area contributed by atoms with E-state index in [1.165, 1.54) is 0 Å². The number of anilines is 2. The molecule has 2 heterocycles. The van der Waals surface area contributed by atoms with Gasteiger partial charge in [-0.1, -0.05) is 36.4 Å². The molecule has 4 nitrogen and oxygen atoms in total. The Bertz CT molecular complexity index is 686. The largest absolute Gasteiger partial charge is 0.465 e. The summed E-state index contributed by atoms with van der Waals surface area (Å²) in [4.78, 5) is 14.1. The predicted molar refractivity (Wildman–Crippen MR) is 84.3 cm³/mol. The number of cyclic esters (lactones) is 1. The van der Waals surface area contributed by atoms with Crippen LogP contribution >= 0.6 is 0 Å². The number of carbonyl (C=O) groups excluding carboxylic acids is 1. The predicted octanol–water partition coefficient (Wildman–Crippen LogP) is 2.91. The fraction of sp³-hybridized carbons (Fsp3) is 0.222. The van der Waals surface area contributed by atoms with Crippen molar-refractivity contribution in [2.75, 3.05) is 11.4 Å². The molecule has 0 spiro atoms. The van der Waals surface area contributed by atoms with Crippen molar-refractivity contribution >= 4 is 23.4 Å². The zero-order valence-corrected chi connectivity index (χ0v) is 12.2. The molecule has 0 bridgehead atoms. The molecule has 4 heteroatoms. The minimum Gasteiger partial charge on any atom is -0.353 e. The smallest absolute Gasteiger partial charge is 0.353 e. The molecular weight excluding hydrogens is 276 g/mol. The molecule has 2 aliphatic rings. The Morgan fingerprint density at radius 2 is 1.55 bits per heavy atom. The Balaban J connectivity index is 1.85. The Morgan fingerprint density at radius 3 is 2.14 bits per heavy atom. The molecule has 0 N–H and O–H groups in total. The molecule has 0 aliphatic carbocycles. The Hall–Kier alpha value is -2.62. The molecular formula is C18H17N2O2+. The van der Waals surface area contributed by atoms with Crippen LogP contribution in [0.4, 0.5) is 11.4 Å². The Morgan fingerprint density at radius 1 is 0.955 bits per heavy atom. The van der Waals surface area contributed by atoms with Crippen molar-refractivity contribution < 1.29 is 14.1 Å². The number of ether oxygens (including phenoxy) is 1. The molecule has 1 saturated heterocycles. The molecule has 0 unspecified atom stereocenters. The van der Waals surface area contributed by atoms with Crippen LogP contribution in [0.2, 0.25) is 0 Å². The lowest BCUT2D eigenvalue weighted by molar-refractivity contribution is -0.526. The van der Waals surface area contributed by atoms with Crippen LogP contribution in [-0.2, 0) is 9.53 Å². The van der Waals surface area contributed by atoms with Crippen molar-refractivity contribution in [3.63, 3.8) is 0 Å². The second-order valence-electron chi connectivity index (χ2n) is 5.56. The Kier molecular flexibility index (Phi) is 3.15. The third-order valence-corrected chi connectivity index (χ3v) is 4.18. The van der Waals surface area contributed by atoms with Gasteiger partial charge in [0, 0.05) is 6.42 Å². The monoisotopic (exact) mass is 293 g/mol. The zero-order valence-electron chi connectivity index (χ0n) is 12.2. The van der Waals surface area contributed by atoms with Crippen LogP contribution in [-0.4, -0.2) is 29.2 Å². The van der Waals surface area contributed by atoms with E-state index >= 15 is 0 Å². The topological polar surface area (TPSA) is 32.5 Å². The number of hydrogen-bond acceptors (Lipinski definition) is 3. The van der Waals surface area contributed by atoms with Gasteiger partial charge in [-0.15, -0.1) is 0 Å². The molecule has 0 amide bonds. The van der Waals surface area contributed by atoms with Gasteiger partial charge < -0.3 is 4.74 Å². The van der Waals surface area contributed by atoms with E-state index in [-0.39, 0.29) is 12.0 Å². The first-order chi connectivity index (χ1) is 10.8. The molecule has 2 aromatic rings. The average molecular weight is 293 g/mol. The molecule has 0 aromatic heterocycles. The van der Waals surface area contributed by atoms with Crippen LogP contribution in [0.25, 0.3) is 0 Å². The summed E-state index contributed by atoms with van der Waals surface area (Å²) in [6.45, 7) is 0.863. The van der Waals surface area contributed by atoms with Gasteiger partial charge in [-0.05, 0) is 30.7 Å². The summed E-state index contributed by atoms with van der Waals surface area (Å²) >= 11 is 0. The van der Waals surface area contributed by atoms with E-state index in [1.54, 1.807) is 0 Å². The van der Waals surface area contributed by atoms with Crippen molar-refractivity contribution in [1.29, 1.82) is 0 Å². The van der Waals surface area contributed by atoms with Crippen LogP contribution < -0.4 is 4.90 Å². The third kappa shape index (κ3) is 2.08. The van der Waals surface area contributed by atoms with E-state index < -0.39 is 0 Å². The molecule has 4 rings (SSSR count). The minimum absolute atomic E-state index is 0.120. The number of carbonyl (C=O) groups is 1. The Labute approximate surface area is 129 Å². The fourth-order valence-electron chi connectivity index (χ4n) is 3.16. The number of para-hydroxylation sites is 2. The fourth-order valence-corrected chi connectivity index (χ4v) is 3.16. The highest BCUT2D eigenvalue weighted by Crippen LogP contribution is 2.30. The molecule has 22 heavy (non-hydrogen) atoms. The first-order valence-electron chi connectivity index (χ1n) is 7.60. The SMILES string of the molecule is O=C1OC(N(c2ccccc2)c2ccccc2)=[N+]2CCC[C@@H]12. The summed E-state index contributed by atoms with van der Waals surface area (Å²) in [5.41, 5.74) is 1.98. The summed E-state index contributed by atoms with van der Waals surface area (Å²) in [6, 6.07) is 20.5. The maximum absolute atomic E-state index is 12.1. The summed E-state index contributed by atoms with van der Waals surface area (Å²) in [6.07, 6.45) is 1.90. The third-order valence-electron chi connectivity index (χ3n) is 4.18. The summed E-state index contributed by atoms with van der Waals surface area (Å²) in [5, 5.41) is 0. The number of nitrogens with zero attached hydrogens (tertiary/aromatic N) is 2. The highest BCUT2D eigenvalue weighted by molar-refractivity contribution is 6.04. The van der Waals surface area contributed by atoms with Gasteiger partial charge in [0.15, 0.2) is 6.04 Å². The van der Waals surface area contributed by atoms with Gasteiger partial charge >= 0.3 is 12.0 Å². The zero-order chi connectivity index (χ0) is 14.9. The van der Waals surface area contributed by atoms with E-state index in [0.717, 1.165) is 30.8 Å². The maximum atomic E-state index is 12.1. The maximum Gasteiger partial charge on any atom is 0.465 e. The number of esters is 1. The number of fused-ring (bicyclic) bond motifs is 1. The van der Waals surface area contributed by atoms with Gasteiger partial charge in [0.05, 0.1) is 6.54 Å². The second-order valence-corrected chi connectivity index (χ2v) is 5.56. The standard InChI is InChI=1S/C18H17N2O2/c21-17-16-12-7-13-19(16)18(22-17)20(14-8-3-1-4-9-14)15-10-5-2-6-11-15/h1-6,8-11,16H,7,12-13H2/q+1/t16-/m0/s1. The van der Waals surface area contributed by atoms with E-state index in [1.807, 2.05) is 65.6 Å². The molecule has 2 aliphatic heterocycles. The van der Waals surface area contributed by atoms with Crippen LogP contribution in [0.3, 0.4) is 0 Å². The summed E-state index contributed by atoms with van der Waals surface area (Å²) < 4.78 is 7.71. The van der Waals surface area contributed by atoms with Gasteiger partial charge in [0.1, 0.15) is 11.4 Å². The number of benzene rings is 2. The highest BCUT2D eigenvalue weighted by Gasteiger charge is 2.47. The van der Waals surface area contributed by atoms with Gasteiger partial charge in [-0.3, -0.25) is 0 Å². The van der Waals surface area contributed by atoms with Gasteiger partial charge in [0.25, 0.3) is 0 Å². The van der Waals surface area contributed by atoms with Gasteiger partial charge in [-0.25, -0.2) is 9.37 Å². The van der Waals surface area contributed by atoms with Crippen LogP contribution in [0.1, 0.15) is 12.8 Å².